The highest BCUT2D eigenvalue weighted by Crippen LogP contribution is 2.39. The summed E-state index contributed by atoms with van der Waals surface area (Å²) in [5.74, 6) is 1.51. The molecule has 0 saturated heterocycles. The number of ether oxygens (including phenoxy) is 2. The standard InChI is InChI=1S/C27H40N4O4/c1-7-18(8-2)16-31-22(26-23(34-5)10-9-11-24(26)35-6)14-21(30-31)27(33)29-20(17(3)4)15-25(32)28-19-12-13-19/h9-11,14,17-20H,7-8,12-13,15-16H2,1-6H3,(H,28,32)(H,29,33). The van der Waals surface area contributed by atoms with Gasteiger partial charge in [0.1, 0.15) is 11.5 Å². The molecule has 3 rings (SSSR count). The lowest BCUT2D eigenvalue weighted by atomic mass is 10.00. The van der Waals surface area contributed by atoms with E-state index in [0.717, 1.165) is 36.9 Å². The number of hydrogen-bond donors (Lipinski definition) is 2. The van der Waals surface area contributed by atoms with Crippen LogP contribution in [0.15, 0.2) is 24.3 Å². The van der Waals surface area contributed by atoms with Gasteiger partial charge in [-0.3, -0.25) is 14.3 Å². The van der Waals surface area contributed by atoms with E-state index in [0.29, 0.717) is 35.7 Å². The molecule has 1 aromatic heterocycles. The van der Waals surface area contributed by atoms with Crippen LogP contribution in [0, 0.1) is 11.8 Å². The van der Waals surface area contributed by atoms with Crippen molar-refractivity contribution < 1.29 is 19.1 Å². The van der Waals surface area contributed by atoms with E-state index in [2.05, 4.69) is 24.5 Å². The van der Waals surface area contributed by atoms with Crippen LogP contribution in [-0.2, 0) is 11.3 Å². The highest BCUT2D eigenvalue weighted by Gasteiger charge is 2.28. The number of aromatic nitrogens is 2. The molecule has 1 saturated carbocycles. The first kappa shape index (κ1) is 26.6. The molecule has 1 unspecified atom stereocenters. The molecule has 1 atom stereocenters. The smallest absolute Gasteiger partial charge is 0.272 e. The molecule has 1 aliphatic rings. The fourth-order valence-electron chi connectivity index (χ4n) is 4.17. The average molecular weight is 485 g/mol. The molecule has 8 heteroatoms. The Balaban J connectivity index is 1.93. The van der Waals surface area contributed by atoms with Gasteiger partial charge in [0, 0.05) is 25.0 Å². The number of carbonyl (C=O) groups excluding carboxylic acids is 2. The largest absolute Gasteiger partial charge is 0.496 e. The molecule has 1 aromatic carbocycles. The minimum absolute atomic E-state index is 0.0230. The maximum absolute atomic E-state index is 13.3. The predicted molar refractivity (Wildman–Crippen MR) is 137 cm³/mol. The number of amides is 2. The molecule has 35 heavy (non-hydrogen) atoms. The first-order chi connectivity index (χ1) is 16.8. The molecule has 0 spiro atoms. The van der Waals surface area contributed by atoms with Gasteiger partial charge in [-0.05, 0) is 42.9 Å². The molecule has 192 valence electrons. The summed E-state index contributed by atoms with van der Waals surface area (Å²) in [5.41, 5.74) is 1.84. The minimum atomic E-state index is -0.290. The molecule has 1 fully saturated rings. The number of methoxy groups -OCH3 is 2. The number of rotatable bonds is 13. The molecule has 0 bridgehead atoms. The van der Waals surface area contributed by atoms with Gasteiger partial charge < -0.3 is 20.1 Å². The maximum Gasteiger partial charge on any atom is 0.272 e. The Bertz CT molecular complexity index is 986. The van der Waals surface area contributed by atoms with Crippen LogP contribution < -0.4 is 20.1 Å². The van der Waals surface area contributed by atoms with Gasteiger partial charge in [-0.15, -0.1) is 0 Å². The Morgan fingerprint density at radius 3 is 2.26 bits per heavy atom. The Morgan fingerprint density at radius 1 is 1.11 bits per heavy atom. The van der Waals surface area contributed by atoms with Crippen LogP contribution in [0.2, 0.25) is 0 Å². The fourth-order valence-corrected chi connectivity index (χ4v) is 4.17. The second-order valence-electron chi connectivity index (χ2n) is 9.69. The number of hydrogen-bond acceptors (Lipinski definition) is 5. The van der Waals surface area contributed by atoms with Crippen molar-refractivity contribution >= 4 is 11.8 Å². The zero-order valence-corrected chi connectivity index (χ0v) is 21.9. The Hall–Kier alpha value is -3.03. The van der Waals surface area contributed by atoms with E-state index in [-0.39, 0.29) is 30.2 Å². The molecule has 0 aliphatic heterocycles. The van der Waals surface area contributed by atoms with E-state index in [9.17, 15) is 9.59 Å². The Kier molecular flexibility index (Phi) is 9.18. The monoisotopic (exact) mass is 484 g/mol. The second-order valence-corrected chi connectivity index (χ2v) is 9.69. The van der Waals surface area contributed by atoms with Crippen molar-refractivity contribution in [2.24, 2.45) is 11.8 Å². The molecule has 8 nitrogen and oxygen atoms in total. The fraction of sp³-hybridized carbons (Fsp3) is 0.593. The van der Waals surface area contributed by atoms with E-state index >= 15 is 0 Å². The summed E-state index contributed by atoms with van der Waals surface area (Å²) in [6.07, 6.45) is 4.33. The molecular weight excluding hydrogens is 444 g/mol. The van der Waals surface area contributed by atoms with Gasteiger partial charge in [0.25, 0.3) is 5.91 Å². The highest BCUT2D eigenvalue weighted by molar-refractivity contribution is 5.94. The normalized spacial score (nSPS) is 14.2. The van der Waals surface area contributed by atoms with Crippen LogP contribution >= 0.6 is 0 Å². The van der Waals surface area contributed by atoms with Crippen molar-refractivity contribution in [1.29, 1.82) is 0 Å². The third-order valence-corrected chi connectivity index (χ3v) is 6.75. The van der Waals surface area contributed by atoms with Gasteiger partial charge in [0.2, 0.25) is 5.91 Å². The number of nitrogens with zero attached hydrogens (tertiary/aromatic N) is 2. The van der Waals surface area contributed by atoms with Crippen molar-refractivity contribution in [1.82, 2.24) is 20.4 Å². The SMILES string of the molecule is CCC(CC)Cn1nc(C(=O)NC(CC(=O)NC2CC2)C(C)C)cc1-c1c(OC)cccc1OC. The third kappa shape index (κ3) is 6.77. The van der Waals surface area contributed by atoms with Gasteiger partial charge in [0.15, 0.2) is 5.69 Å². The van der Waals surface area contributed by atoms with Crippen molar-refractivity contribution in [3.05, 3.63) is 30.0 Å². The summed E-state index contributed by atoms with van der Waals surface area (Å²) < 4.78 is 13.2. The zero-order valence-electron chi connectivity index (χ0n) is 21.9. The lowest BCUT2D eigenvalue weighted by Gasteiger charge is -2.21. The van der Waals surface area contributed by atoms with E-state index in [1.54, 1.807) is 20.3 Å². The number of carbonyl (C=O) groups is 2. The van der Waals surface area contributed by atoms with Crippen molar-refractivity contribution in [3.63, 3.8) is 0 Å². The van der Waals surface area contributed by atoms with Crippen LogP contribution in [-0.4, -0.2) is 47.9 Å². The van der Waals surface area contributed by atoms with Gasteiger partial charge >= 0.3 is 0 Å². The average Bonchev–Trinajstić information content (AvgIpc) is 3.56. The van der Waals surface area contributed by atoms with Crippen molar-refractivity contribution in [3.8, 4) is 22.8 Å². The summed E-state index contributed by atoms with van der Waals surface area (Å²) in [5, 5.41) is 10.8. The van der Waals surface area contributed by atoms with Crippen LogP contribution in [0.5, 0.6) is 11.5 Å². The molecule has 1 aliphatic carbocycles. The molecule has 2 amide bonds. The third-order valence-electron chi connectivity index (χ3n) is 6.75. The Labute approximate surface area is 208 Å². The molecule has 1 heterocycles. The van der Waals surface area contributed by atoms with E-state index in [4.69, 9.17) is 14.6 Å². The molecule has 0 radical (unpaired) electrons. The van der Waals surface area contributed by atoms with Crippen LogP contribution in [0.1, 0.15) is 70.3 Å². The second kappa shape index (κ2) is 12.1. The number of nitrogens with one attached hydrogen (secondary N) is 2. The molecule has 2 aromatic rings. The van der Waals surface area contributed by atoms with Crippen molar-refractivity contribution in [2.75, 3.05) is 14.2 Å². The summed E-state index contributed by atoms with van der Waals surface area (Å²) >= 11 is 0. The predicted octanol–water partition coefficient (Wildman–Crippen LogP) is 4.43. The summed E-state index contributed by atoms with van der Waals surface area (Å²) in [6.45, 7) is 9.01. The minimum Gasteiger partial charge on any atom is -0.496 e. The first-order valence-corrected chi connectivity index (χ1v) is 12.7. The number of benzene rings is 1. The van der Waals surface area contributed by atoms with Gasteiger partial charge in [0.05, 0.1) is 25.5 Å². The molecule has 2 N–H and O–H groups in total. The van der Waals surface area contributed by atoms with Crippen molar-refractivity contribution in [2.45, 2.75) is 78.4 Å². The lowest BCUT2D eigenvalue weighted by Crippen LogP contribution is -2.42. The maximum atomic E-state index is 13.3. The lowest BCUT2D eigenvalue weighted by molar-refractivity contribution is -0.121. The quantitative estimate of drug-likeness (QED) is 0.439. The van der Waals surface area contributed by atoms with Crippen LogP contribution in [0.3, 0.4) is 0 Å². The van der Waals surface area contributed by atoms with Gasteiger partial charge in [-0.1, -0.05) is 46.6 Å². The summed E-state index contributed by atoms with van der Waals surface area (Å²) in [7, 11) is 3.24. The van der Waals surface area contributed by atoms with Gasteiger partial charge in [-0.2, -0.15) is 5.10 Å². The highest BCUT2D eigenvalue weighted by atomic mass is 16.5. The van der Waals surface area contributed by atoms with Gasteiger partial charge in [-0.25, -0.2) is 0 Å². The van der Waals surface area contributed by atoms with Crippen LogP contribution in [0.4, 0.5) is 0 Å². The topological polar surface area (TPSA) is 94.5 Å². The summed E-state index contributed by atoms with van der Waals surface area (Å²) in [6, 6.07) is 7.43. The summed E-state index contributed by atoms with van der Waals surface area (Å²) in [4.78, 5) is 25.7. The van der Waals surface area contributed by atoms with E-state index in [1.807, 2.05) is 36.7 Å². The van der Waals surface area contributed by atoms with E-state index < -0.39 is 0 Å². The van der Waals surface area contributed by atoms with Crippen LogP contribution in [0.25, 0.3) is 11.3 Å². The Morgan fingerprint density at radius 2 is 1.74 bits per heavy atom. The van der Waals surface area contributed by atoms with E-state index in [1.165, 1.54) is 0 Å². The molecular formula is C27H40N4O4. The first-order valence-electron chi connectivity index (χ1n) is 12.7. The zero-order chi connectivity index (χ0) is 25.5.